The molecular weight excluding hydrogens is 366 g/mol. The van der Waals surface area contributed by atoms with E-state index in [0.717, 1.165) is 0 Å². The van der Waals surface area contributed by atoms with Crippen LogP contribution in [0.3, 0.4) is 0 Å². The number of amides is 1. The zero-order valence-corrected chi connectivity index (χ0v) is 14.1. The number of halogens is 1. The monoisotopic (exact) mass is 379 g/mol. The number of ether oxygens (including phenoxy) is 4. The minimum absolute atomic E-state index is 0.188. The molecule has 0 fully saturated rings. The van der Waals surface area contributed by atoms with Crippen LogP contribution >= 0.6 is 15.9 Å². The molecule has 2 aromatic carbocycles. The van der Waals surface area contributed by atoms with Crippen molar-refractivity contribution in [2.45, 2.75) is 0 Å². The molecule has 0 saturated carbocycles. The number of methoxy groups -OCH3 is 2. The summed E-state index contributed by atoms with van der Waals surface area (Å²) in [4.78, 5) is 12.5. The van der Waals surface area contributed by atoms with Gasteiger partial charge in [0.2, 0.25) is 6.79 Å². The zero-order valence-electron chi connectivity index (χ0n) is 12.5. The quantitative estimate of drug-likeness (QED) is 0.880. The van der Waals surface area contributed by atoms with Gasteiger partial charge in [-0.2, -0.15) is 0 Å². The van der Waals surface area contributed by atoms with E-state index < -0.39 is 0 Å². The van der Waals surface area contributed by atoms with Crippen LogP contribution in [0.4, 0.5) is 5.69 Å². The lowest BCUT2D eigenvalue weighted by Gasteiger charge is -2.12. The first-order chi connectivity index (χ1) is 11.1. The number of anilines is 1. The molecule has 0 bridgehead atoms. The number of carbonyl (C=O) groups is 1. The fraction of sp³-hybridized carbons (Fsp3) is 0.188. The van der Waals surface area contributed by atoms with E-state index in [4.69, 9.17) is 18.9 Å². The van der Waals surface area contributed by atoms with E-state index >= 15 is 0 Å². The van der Waals surface area contributed by atoms with Gasteiger partial charge in [-0.15, -0.1) is 0 Å². The van der Waals surface area contributed by atoms with E-state index in [0.29, 0.717) is 38.7 Å². The van der Waals surface area contributed by atoms with Crippen LogP contribution in [0.25, 0.3) is 0 Å². The van der Waals surface area contributed by atoms with Crippen LogP contribution in [0.2, 0.25) is 0 Å². The predicted molar refractivity (Wildman–Crippen MR) is 87.8 cm³/mol. The number of fused-ring (bicyclic) bond motifs is 1. The maximum Gasteiger partial charge on any atom is 0.255 e. The summed E-state index contributed by atoms with van der Waals surface area (Å²) in [7, 11) is 3.05. The van der Waals surface area contributed by atoms with Gasteiger partial charge in [-0.3, -0.25) is 4.79 Å². The lowest BCUT2D eigenvalue weighted by Crippen LogP contribution is -2.12. The van der Waals surface area contributed by atoms with Gasteiger partial charge < -0.3 is 24.3 Å². The molecule has 0 unspecified atom stereocenters. The van der Waals surface area contributed by atoms with Crippen LogP contribution in [0.5, 0.6) is 23.0 Å². The Morgan fingerprint density at radius 1 is 1.09 bits per heavy atom. The Morgan fingerprint density at radius 3 is 2.39 bits per heavy atom. The van der Waals surface area contributed by atoms with Crippen LogP contribution in [-0.4, -0.2) is 26.9 Å². The number of carbonyl (C=O) groups excluding carboxylic acids is 1. The first-order valence-corrected chi connectivity index (χ1v) is 7.54. The second-order valence-corrected chi connectivity index (χ2v) is 5.51. The lowest BCUT2D eigenvalue weighted by molar-refractivity contribution is 0.102. The van der Waals surface area contributed by atoms with Gasteiger partial charge in [-0.1, -0.05) is 0 Å². The Morgan fingerprint density at radius 2 is 1.74 bits per heavy atom. The van der Waals surface area contributed by atoms with Crippen molar-refractivity contribution in [2.24, 2.45) is 0 Å². The lowest BCUT2D eigenvalue weighted by atomic mass is 10.1. The number of hydrogen-bond donors (Lipinski definition) is 1. The van der Waals surface area contributed by atoms with Gasteiger partial charge >= 0.3 is 0 Å². The highest BCUT2D eigenvalue weighted by Gasteiger charge is 2.17. The van der Waals surface area contributed by atoms with Crippen molar-refractivity contribution in [3.63, 3.8) is 0 Å². The first kappa shape index (κ1) is 15.5. The van der Waals surface area contributed by atoms with Gasteiger partial charge in [0.15, 0.2) is 11.5 Å². The molecule has 1 amide bonds. The molecule has 0 aliphatic carbocycles. The van der Waals surface area contributed by atoms with Crippen molar-refractivity contribution < 1.29 is 23.7 Å². The molecule has 7 heteroatoms. The van der Waals surface area contributed by atoms with E-state index in [2.05, 4.69) is 21.2 Å². The average Bonchev–Trinajstić information content (AvgIpc) is 3.02. The van der Waals surface area contributed by atoms with E-state index in [9.17, 15) is 4.79 Å². The molecule has 6 nitrogen and oxygen atoms in total. The second kappa shape index (κ2) is 6.37. The molecule has 1 N–H and O–H groups in total. The number of nitrogens with one attached hydrogen (secondary N) is 1. The van der Waals surface area contributed by atoms with Gasteiger partial charge in [-0.05, 0) is 40.2 Å². The number of rotatable bonds is 4. The third-order valence-corrected chi connectivity index (χ3v) is 4.12. The molecule has 1 aliphatic heterocycles. The number of hydrogen-bond acceptors (Lipinski definition) is 5. The predicted octanol–water partition coefficient (Wildman–Crippen LogP) is 3.45. The summed E-state index contributed by atoms with van der Waals surface area (Å²) in [5, 5.41) is 2.81. The van der Waals surface area contributed by atoms with Crippen LogP contribution in [0.1, 0.15) is 10.4 Å². The van der Waals surface area contributed by atoms with Crippen molar-refractivity contribution in [1.29, 1.82) is 0 Å². The maximum absolute atomic E-state index is 12.5. The fourth-order valence-electron chi connectivity index (χ4n) is 2.18. The summed E-state index contributed by atoms with van der Waals surface area (Å²) >= 11 is 3.37. The highest BCUT2D eigenvalue weighted by molar-refractivity contribution is 9.10. The summed E-state index contributed by atoms with van der Waals surface area (Å²) in [6, 6.07) is 8.48. The van der Waals surface area contributed by atoms with Crippen LogP contribution in [0.15, 0.2) is 34.8 Å². The van der Waals surface area contributed by atoms with Crippen molar-refractivity contribution in [3.8, 4) is 23.0 Å². The Labute approximate surface area is 141 Å². The van der Waals surface area contributed by atoms with E-state index in [1.807, 2.05) is 0 Å². The largest absolute Gasteiger partial charge is 0.495 e. The van der Waals surface area contributed by atoms with Crippen molar-refractivity contribution in [2.75, 3.05) is 26.3 Å². The Bertz CT molecular complexity index is 737. The van der Waals surface area contributed by atoms with Crippen LogP contribution in [0, 0.1) is 0 Å². The molecule has 0 radical (unpaired) electrons. The van der Waals surface area contributed by atoms with Gasteiger partial charge in [-0.25, -0.2) is 0 Å². The maximum atomic E-state index is 12.5. The van der Waals surface area contributed by atoms with Gasteiger partial charge in [0, 0.05) is 17.3 Å². The fourth-order valence-corrected chi connectivity index (χ4v) is 2.73. The van der Waals surface area contributed by atoms with Crippen LogP contribution in [-0.2, 0) is 0 Å². The molecule has 0 saturated heterocycles. The molecule has 0 atom stereocenters. The normalized spacial score (nSPS) is 12.0. The van der Waals surface area contributed by atoms with Gasteiger partial charge in [0.05, 0.1) is 14.2 Å². The van der Waals surface area contributed by atoms with E-state index in [-0.39, 0.29) is 12.7 Å². The summed E-state index contributed by atoms with van der Waals surface area (Å²) in [5.74, 6) is 2.01. The Kier molecular flexibility index (Phi) is 4.29. The highest BCUT2D eigenvalue weighted by Crippen LogP contribution is 2.37. The van der Waals surface area contributed by atoms with E-state index in [1.54, 1.807) is 30.3 Å². The number of benzene rings is 2. The molecule has 120 valence electrons. The molecule has 1 aliphatic rings. The zero-order chi connectivity index (χ0) is 16.4. The van der Waals surface area contributed by atoms with Crippen molar-refractivity contribution in [1.82, 2.24) is 0 Å². The minimum atomic E-state index is -0.284. The smallest absolute Gasteiger partial charge is 0.255 e. The standard InChI is InChI=1S/C16H14BrNO5/c1-20-13-5-9(6-14(21-2)15(13)17)16(19)18-10-3-4-11-12(7-10)23-8-22-11/h3-7H,8H2,1-2H3,(H,18,19). The van der Waals surface area contributed by atoms with Crippen molar-refractivity contribution in [3.05, 3.63) is 40.4 Å². The van der Waals surface area contributed by atoms with Crippen LogP contribution < -0.4 is 24.3 Å². The summed E-state index contributed by atoms with van der Waals surface area (Å²) in [6.07, 6.45) is 0. The Hall–Kier alpha value is -2.41. The van der Waals surface area contributed by atoms with Gasteiger partial charge in [0.1, 0.15) is 16.0 Å². The third kappa shape index (κ3) is 3.05. The molecule has 23 heavy (non-hydrogen) atoms. The summed E-state index contributed by atoms with van der Waals surface area (Å²) in [5.41, 5.74) is 1.03. The minimum Gasteiger partial charge on any atom is -0.495 e. The second-order valence-electron chi connectivity index (χ2n) is 4.72. The molecule has 0 aromatic heterocycles. The topological polar surface area (TPSA) is 66.0 Å². The van der Waals surface area contributed by atoms with E-state index in [1.165, 1.54) is 14.2 Å². The molecule has 1 heterocycles. The average molecular weight is 380 g/mol. The Balaban J connectivity index is 1.86. The molecule has 0 spiro atoms. The first-order valence-electron chi connectivity index (χ1n) is 6.75. The highest BCUT2D eigenvalue weighted by atomic mass is 79.9. The third-order valence-electron chi connectivity index (χ3n) is 3.34. The summed E-state index contributed by atoms with van der Waals surface area (Å²) < 4.78 is 21.7. The molecule has 3 rings (SSSR count). The molecule has 2 aromatic rings. The summed E-state index contributed by atoms with van der Waals surface area (Å²) in [6.45, 7) is 0.188. The van der Waals surface area contributed by atoms with Crippen molar-refractivity contribution >= 4 is 27.5 Å². The SMILES string of the molecule is COc1cc(C(=O)Nc2ccc3c(c2)OCO3)cc(OC)c1Br. The van der Waals surface area contributed by atoms with Gasteiger partial charge in [0.25, 0.3) is 5.91 Å². The molecular formula is C16H14BrNO5.